The predicted octanol–water partition coefficient (Wildman–Crippen LogP) is 4.31. The van der Waals surface area contributed by atoms with Crippen molar-refractivity contribution in [3.63, 3.8) is 0 Å². The van der Waals surface area contributed by atoms with Crippen LogP contribution in [0, 0.1) is 5.92 Å². The van der Waals surface area contributed by atoms with Crippen LogP contribution in [0.3, 0.4) is 0 Å². The molecule has 1 saturated heterocycles. The van der Waals surface area contributed by atoms with Crippen LogP contribution in [0.25, 0.3) is 0 Å². The van der Waals surface area contributed by atoms with Crippen molar-refractivity contribution in [2.45, 2.75) is 45.9 Å². The lowest BCUT2D eigenvalue weighted by Crippen LogP contribution is -2.57. The number of hydrogen-bond donors (Lipinski definition) is 1. The number of ether oxygens (including phenoxy) is 4. The molecule has 45 heavy (non-hydrogen) atoms. The number of rotatable bonds is 6. The summed E-state index contributed by atoms with van der Waals surface area (Å²) < 4.78 is 24.1. The molecule has 2 aromatic carbocycles. The zero-order chi connectivity index (χ0) is 31.9. The van der Waals surface area contributed by atoms with Gasteiger partial charge in [0.15, 0.2) is 0 Å². The number of likely N-dealkylation sites (tertiary alicyclic amines) is 1. The average molecular weight is 617 g/mol. The van der Waals surface area contributed by atoms with E-state index < -0.39 is 6.10 Å². The normalized spacial score (nSPS) is 19.0. The summed E-state index contributed by atoms with van der Waals surface area (Å²) in [4.78, 5) is 47.6. The Hall–Kier alpha value is -4.64. The van der Waals surface area contributed by atoms with Crippen LogP contribution in [-0.2, 0) is 16.1 Å². The van der Waals surface area contributed by atoms with Gasteiger partial charge >= 0.3 is 0 Å². The van der Waals surface area contributed by atoms with Crippen LogP contribution in [0.4, 0.5) is 0 Å². The molecule has 0 saturated carbocycles. The highest BCUT2D eigenvalue weighted by Crippen LogP contribution is 2.30. The minimum atomic E-state index is -0.509. The largest absolute Gasteiger partial charge is 0.493 e. The van der Waals surface area contributed by atoms with E-state index in [0.717, 1.165) is 5.56 Å². The van der Waals surface area contributed by atoms with Crippen molar-refractivity contribution in [3.8, 4) is 23.1 Å². The second-order valence-electron chi connectivity index (χ2n) is 11.7. The number of nitrogens with one attached hydrogen (secondary N) is 1. The summed E-state index contributed by atoms with van der Waals surface area (Å²) in [7, 11) is 1.58. The first-order valence-electron chi connectivity index (χ1n) is 15.3. The van der Waals surface area contributed by atoms with Crippen molar-refractivity contribution in [2.75, 3.05) is 39.9 Å². The van der Waals surface area contributed by atoms with E-state index in [2.05, 4.69) is 10.3 Å². The van der Waals surface area contributed by atoms with Gasteiger partial charge in [-0.2, -0.15) is 0 Å². The number of fused-ring (bicyclic) bond motifs is 5. The van der Waals surface area contributed by atoms with E-state index in [1.165, 1.54) is 4.90 Å². The molecule has 4 bridgehead atoms. The van der Waals surface area contributed by atoms with Gasteiger partial charge in [-0.15, -0.1) is 0 Å². The lowest BCUT2D eigenvalue weighted by molar-refractivity contribution is -0.124. The Morgan fingerprint density at radius 1 is 1.09 bits per heavy atom. The molecule has 0 spiro atoms. The number of amides is 3. The topological polar surface area (TPSA) is 120 Å². The fourth-order valence-electron chi connectivity index (χ4n) is 5.31. The summed E-state index contributed by atoms with van der Waals surface area (Å²) >= 11 is 0. The highest BCUT2D eigenvalue weighted by atomic mass is 16.5. The van der Waals surface area contributed by atoms with Crippen molar-refractivity contribution in [1.29, 1.82) is 0 Å². The van der Waals surface area contributed by atoms with Crippen LogP contribution in [0.2, 0.25) is 0 Å². The fourth-order valence-corrected chi connectivity index (χ4v) is 5.31. The van der Waals surface area contributed by atoms with Gasteiger partial charge in [0.1, 0.15) is 22.8 Å². The van der Waals surface area contributed by atoms with Gasteiger partial charge in [-0.1, -0.05) is 26.0 Å². The lowest BCUT2D eigenvalue weighted by atomic mass is 10.00. The first kappa shape index (κ1) is 31.8. The molecule has 5 rings (SSSR count). The number of nitrogens with zero attached hydrogens (tertiary/aromatic N) is 3. The number of pyridine rings is 1. The van der Waals surface area contributed by atoms with Gasteiger partial charge in [0.05, 0.1) is 38.5 Å². The molecule has 3 amide bonds. The molecule has 1 aromatic heterocycles. The van der Waals surface area contributed by atoms with Gasteiger partial charge in [-0.25, -0.2) is 4.98 Å². The zero-order valence-electron chi connectivity index (χ0n) is 26.2. The number of aromatic nitrogens is 1. The van der Waals surface area contributed by atoms with Crippen molar-refractivity contribution in [3.05, 3.63) is 77.5 Å². The molecule has 1 fully saturated rings. The Labute approximate surface area is 263 Å². The van der Waals surface area contributed by atoms with Gasteiger partial charge in [0.25, 0.3) is 11.8 Å². The molecule has 3 heterocycles. The fraction of sp³-hybridized carbons (Fsp3) is 0.412. The third kappa shape index (κ3) is 8.10. The minimum absolute atomic E-state index is 0.162. The standard InChI is InChI=1S/C34H40N4O7/c1-5-42-32-28(10-7-12-35-32)34(41)38-13-11-29-30(18-38)44-21-23-8-6-9-25(14-23)45-27-16-24(15-26(17-27)43-20-22(2)3)33(40)37(4)19-31(39)36-29/h6-10,12,14-17,22,29-30H,5,11,13,18-21H2,1-4H3,(H,36,39)/t29-,30-/m0/s1. The van der Waals surface area contributed by atoms with Crippen molar-refractivity contribution in [2.24, 2.45) is 5.92 Å². The van der Waals surface area contributed by atoms with Gasteiger partial charge in [-0.05, 0) is 61.2 Å². The van der Waals surface area contributed by atoms with E-state index in [0.29, 0.717) is 60.5 Å². The Kier molecular flexibility index (Phi) is 10.2. The van der Waals surface area contributed by atoms with Crippen molar-refractivity contribution in [1.82, 2.24) is 20.1 Å². The molecule has 0 aliphatic carbocycles. The van der Waals surface area contributed by atoms with E-state index in [-0.39, 0.29) is 49.3 Å². The van der Waals surface area contributed by atoms with Crippen LogP contribution in [0.1, 0.15) is 53.5 Å². The molecule has 2 aliphatic heterocycles. The SMILES string of the molecule is CCOc1ncccc1C(=O)N1CC[C@@H]2NC(=O)CN(C)C(=O)c3cc(OCC(C)C)cc(c3)Oc3cccc(c3)CO[C@H]2C1. The maximum Gasteiger partial charge on any atom is 0.259 e. The third-order valence-electron chi connectivity index (χ3n) is 7.51. The van der Waals surface area contributed by atoms with Gasteiger partial charge in [-0.3, -0.25) is 14.4 Å². The smallest absolute Gasteiger partial charge is 0.259 e. The van der Waals surface area contributed by atoms with E-state index in [9.17, 15) is 14.4 Å². The number of carbonyl (C=O) groups excluding carboxylic acids is 3. The molecule has 2 aliphatic rings. The number of carbonyl (C=O) groups is 3. The molecule has 11 nitrogen and oxygen atoms in total. The molecule has 11 heteroatoms. The second-order valence-corrected chi connectivity index (χ2v) is 11.7. The Bertz CT molecular complexity index is 1530. The summed E-state index contributed by atoms with van der Waals surface area (Å²) in [5, 5.41) is 3.06. The first-order chi connectivity index (χ1) is 21.7. The van der Waals surface area contributed by atoms with Crippen LogP contribution < -0.4 is 19.5 Å². The van der Waals surface area contributed by atoms with Crippen LogP contribution in [0.5, 0.6) is 23.1 Å². The summed E-state index contributed by atoms with van der Waals surface area (Å²) in [6.45, 7) is 7.50. The average Bonchev–Trinajstić information content (AvgIpc) is 3.02. The van der Waals surface area contributed by atoms with Gasteiger partial charge in [0.2, 0.25) is 11.8 Å². The Morgan fingerprint density at radius 3 is 2.73 bits per heavy atom. The van der Waals surface area contributed by atoms with Crippen molar-refractivity contribution < 1.29 is 33.3 Å². The van der Waals surface area contributed by atoms with Crippen LogP contribution in [0.15, 0.2) is 60.8 Å². The quantitative estimate of drug-likeness (QED) is 0.435. The summed E-state index contributed by atoms with van der Waals surface area (Å²) in [6, 6.07) is 15.6. The van der Waals surface area contributed by atoms with Gasteiger partial charge in [0, 0.05) is 38.0 Å². The van der Waals surface area contributed by atoms with Crippen LogP contribution >= 0.6 is 0 Å². The molecule has 3 aromatic rings. The number of hydrogen-bond acceptors (Lipinski definition) is 8. The molecule has 2 atom stereocenters. The zero-order valence-corrected chi connectivity index (χ0v) is 26.2. The first-order valence-corrected chi connectivity index (χ1v) is 15.3. The Balaban J connectivity index is 1.41. The van der Waals surface area contributed by atoms with E-state index in [1.54, 1.807) is 48.5 Å². The third-order valence-corrected chi connectivity index (χ3v) is 7.51. The summed E-state index contributed by atoms with van der Waals surface area (Å²) in [5.74, 6) is 1.20. The number of likely N-dealkylation sites (N-methyl/N-ethyl adjacent to an activating group) is 1. The van der Waals surface area contributed by atoms with Crippen LogP contribution in [-0.4, -0.2) is 84.5 Å². The molecule has 0 unspecified atom stereocenters. The number of piperidine rings is 1. The van der Waals surface area contributed by atoms with E-state index in [4.69, 9.17) is 18.9 Å². The van der Waals surface area contributed by atoms with E-state index >= 15 is 0 Å². The second kappa shape index (κ2) is 14.4. The molecule has 0 radical (unpaired) electrons. The molecular formula is C34H40N4O7. The van der Waals surface area contributed by atoms with Crippen molar-refractivity contribution >= 4 is 17.7 Å². The summed E-state index contributed by atoms with van der Waals surface area (Å²) in [6.07, 6.45) is 1.54. The highest BCUT2D eigenvalue weighted by molar-refractivity contribution is 5.97. The predicted molar refractivity (Wildman–Crippen MR) is 167 cm³/mol. The van der Waals surface area contributed by atoms with Gasteiger partial charge < -0.3 is 34.1 Å². The minimum Gasteiger partial charge on any atom is -0.493 e. The lowest BCUT2D eigenvalue weighted by Gasteiger charge is -2.39. The molecule has 1 N–H and O–H groups in total. The molecule has 238 valence electrons. The Morgan fingerprint density at radius 2 is 1.93 bits per heavy atom. The molecular weight excluding hydrogens is 576 g/mol. The maximum atomic E-state index is 13.6. The maximum absolute atomic E-state index is 13.6. The monoisotopic (exact) mass is 616 g/mol. The highest BCUT2D eigenvalue weighted by Gasteiger charge is 2.35. The summed E-state index contributed by atoms with van der Waals surface area (Å²) in [5.41, 5.74) is 1.57. The number of benzene rings is 2. The van der Waals surface area contributed by atoms with E-state index in [1.807, 2.05) is 45.0 Å².